The summed E-state index contributed by atoms with van der Waals surface area (Å²) < 4.78 is 32.5. The average molecular weight is 387 g/mol. The van der Waals surface area contributed by atoms with E-state index >= 15 is 0 Å². The van der Waals surface area contributed by atoms with Gasteiger partial charge in [0.1, 0.15) is 16.2 Å². The number of carbonyl (C=O) groups is 2. The summed E-state index contributed by atoms with van der Waals surface area (Å²) in [5.41, 5.74) is -0.278. The van der Waals surface area contributed by atoms with E-state index in [0.717, 1.165) is 0 Å². The fourth-order valence-electron chi connectivity index (χ4n) is 2.90. The number of carbonyl (C=O) groups excluding carboxylic acids is 1. The summed E-state index contributed by atoms with van der Waals surface area (Å²) in [6.45, 7) is 8.96. The first-order chi connectivity index (χ1) is 11.8. The fraction of sp³-hybridized carbons (Fsp3) is 0.625. The maximum absolute atomic E-state index is 12.9. The molecule has 1 aromatic rings. The van der Waals surface area contributed by atoms with Gasteiger partial charge in [-0.1, -0.05) is 0 Å². The van der Waals surface area contributed by atoms with Gasteiger partial charge in [0, 0.05) is 37.4 Å². The molecule has 0 radical (unpaired) electrons. The summed E-state index contributed by atoms with van der Waals surface area (Å²) in [4.78, 5) is 27.4. The number of aryl methyl sites for hydroxylation is 1. The Morgan fingerprint density at radius 1 is 1.12 bits per heavy atom. The highest BCUT2D eigenvalue weighted by molar-refractivity contribution is 7.89. The number of hydrogen-bond donors (Lipinski definition) is 2. The van der Waals surface area contributed by atoms with E-state index in [1.165, 1.54) is 23.1 Å². The molecule has 2 heterocycles. The number of carboxylic acid groups (broad SMARTS) is 1. The minimum absolute atomic E-state index is 0.0133. The van der Waals surface area contributed by atoms with Gasteiger partial charge in [0.2, 0.25) is 10.0 Å². The quantitative estimate of drug-likeness (QED) is 0.812. The fourth-order valence-corrected chi connectivity index (χ4v) is 4.73. The maximum atomic E-state index is 12.9. The molecule has 0 unspecified atom stereocenters. The zero-order chi connectivity index (χ0) is 19.9. The van der Waals surface area contributed by atoms with Gasteiger partial charge in [0.05, 0.1) is 0 Å². The third kappa shape index (κ3) is 4.01. The molecule has 0 saturated carbocycles. The van der Waals surface area contributed by atoms with Crippen molar-refractivity contribution in [2.45, 2.75) is 45.1 Å². The van der Waals surface area contributed by atoms with Crippen molar-refractivity contribution >= 4 is 22.1 Å². The van der Waals surface area contributed by atoms with Crippen LogP contribution in [0.1, 0.15) is 42.5 Å². The molecule has 146 valence electrons. The number of H-pyrrole nitrogens is 1. The van der Waals surface area contributed by atoms with Crippen LogP contribution in [-0.4, -0.2) is 71.6 Å². The van der Waals surface area contributed by atoms with Crippen LogP contribution in [0.4, 0.5) is 4.79 Å². The Bertz CT molecular complexity index is 814. The van der Waals surface area contributed by atoms with Crippen molar-refractivity contribution in [3.8, 4) is 0 Å². The van der Waals surface area contributed by atoms with Gasteiger partial charge in [-0.25, -0.2) is 18.0 Å². The number of nitrogens with zero attached hydrogens (tertiary/aromatic N) is 2. The topological polar surface area (TPSA) is 120 Å². The SMILES string of the molecule is Cc1[nH]c(C(=O)O)c(C)c1S(=O)(=O)N1CCN(C(=O)OC(C)(C)C)CC1. The molecule has 0 aromatic carbocycles. The summed E-state index contributed by atoms with van der Waals surface area (Å²) in [6, 6.07) is 0. The monoisotopic (exact) mass is 387 g/mol. The Labute approximate surface area is 153 Å². The third-order valence-corrected chi connectivity index (χ3v) is 6.24. The lowest BCUT2D eigenvalue weighted by atomic mass is 10.2. The van der Waals surface area contributed by atoms with Crippen molar-refractivity contribution in [1.82, 2.24) is 14.2 Å². The van der Waals surface area contributed by atoms with Crippen molar-refractivity contribution in [2.75, 3.05) is 26.2 Å². The van der Waals surface area contributed by atoms with E-state index in [1.807, 2.05) is 0 Å². The predicted molar refractivity (Wildman–Crippen MR) is 93.8 cm³/mol. The van der Waals surface area contributed by atoms with Gasteiger partial charge >= 0.3 is 12.1 Å². The van der Waals surface area contributed by atoms with Gasteiger partial charge in [0.25, 0.3) is 0 Å². The largest absolute Gasteiger partial charge is 0.477 e. The molecular weight excluding hydrogens is 362 g/mol. The number of nitrogens with one attached hydrogen (secondary N) is 1. The van der Waals surface area contributed by atoms with Crippen LogP contribution in [-0.2, 0) is 14.8 Å². The van der Waals surface area contributed by atoms with Gasteiger partial charge in [0.15, 0.2) is 0 Å². The van der Waals surface area contributed by atoms with E-state index in [9.17, 15) is 23.1 Å². The molecule has 1 saturated heterocycles. The molecule has 1 amide bonds. The molecule has 9 nitrogen and oxygen atoms in total. The third-order valence-electron chi connectivity index (χ3n) is 4.07. The number of piperazine rings is 1. The Hall–Kier alpha value is -2.07. The van der Waals surface area contributed by atoms with Crippen LogP contribution in [0.15, 0.2) is 4.90 Å². The Morgan fingerprint density at radius 3 is 2.08 bits per heavy atom. The second kappa shape index (κ2) is 6.92. The van der Waals surface area contributed by atoms with Crippen molar-refractivity contribution < 1.29 is 27.9 Å². The summed E-state index contributed by atoms with van der Waals surface area (Å²) in [7, 11) is -3.86. The molecule has 0 bridgehead atoms. The maximum Gasteiger partial charge on any atom is 0.410 e. The highest BCUT2D eigenvalue weighted by Crippen LogP contribution is 2.27. The molecule has 1 aliphatic heterocycles. The lowest BCUT2D eigenvalue weighted by Crippen LogP contribution is -2.51. The summed E-state index contributed by atoms with van der Waals surface area (Å²) in [5.74, 6) is -1.21. The number of ether oxygens (including phenoxy) is 1. The molecule has 1 aliphatic rings. The summed E-state index contributed by atoms with van der Waals surface area (Å²) in [6.07, 6.45) is -0.475. The average Bonchev–Trinajstić information content (AvgIpc) is 2.81. The number of amides is 1. The van der Waals surface area contributed by atoms with Gasteiger partial charge in [-0.2, -0.15) is 4.31 Å². The normalized spacial score (nSPS) is 16.6. The zero-order valence-electron chi connectivity index (χ0n) is 15.6. The van der Waals surface area contributed by atoms with Gasteiger partial charge < -0.3 is 19.7 Å². The first-order valence-corrected chi connectivity index (χ1v) is 9.69. The molecule has 2 rings (SSSR count). The van der Waals surface area contributed by atoms with Crippen LogP contribution in [0.3, 0.4) is 0 Å². The van der Waals surface area contributed by atoms with Crippen LogP contribution in [0.2, 0.25) is 0 Å². The highest BCUT2D eigenvalue weighted by atomic mass is 32.2. The number of rotatable bonds is 3. The molecule has 10 heteroatoms. The highest BCUT2D eigenvalue weighted by Gasteiger charge is 2.35. The zero-order valence-corrected chi connectivity index (χ0v) is 16.4. The number of aromatic carboxylic acids is 1. The van der Waals surface area contributed by atoms with E-state index in [-0.39, 0.29) is 48.0 Å². The molecule has 0 atom stereocenters. The minimum Gasteiger partial charge on any atom is -0.477 e. The lowest BCUT2D eigenvalue weighted by molar-refractivity contribution is 0.0192. The van der Waals surface area contributed by atoms with E-state index in [1.54, 1.807) is 20.8 Å². The van der Waals surface area contributed by atoms with Crippen molar-refractivity contribution in [1.29, 1.82) is 0 Å². The van der Waals surface area contributed by atoms with Crippen LogP contribution in [0.25, 0.3) is 0 Å². The van der Waals surface area contributed by atoms with Gasteiger partial charge in [-0.3, -0.25) is 0 Å². The molecular formula is C16H25N3O6S. The Kier molecular flexibility index (Phi) is 5.39. The van der Waals surface area contributed by atoms with Gasteiger partial charge in [-0.05, 0) is 34.6 Å². The standard InChI is InChI=1S/C16H25N3O6S/c1-10-12(14(20)21)17-11(2)13(10)26(23,24)19-8-6-18(7-9-19)15(22)25-16(3,4)5/h17H,6-9H2,1-5H3,(H,20,21). The first-order valence-electron chi connectivity index (χ1n) is 8.25. The number of hydrogen-bond acceptors (Lipinski definition) is 5. The molecule has 0 aliphatic carbocycles. The van der Waals surface area contributed by atoms with E-state index in [2.05, 4.69) is 4.98 Å². The lowest BCUT2D eigenvalue weighted by Gasteiger charge is -2.35. The minimum atomic E-state index is -3.86. The summed E-state index contributed by atoms with van der Waals surface area (Å²) in [5, 5.41) is 9.17. The van der Waals surface area contributed by atoms with Crippen molar-refractivity contribution in [3.05, 3.63) is 17.0 Å². The Balaban J connectivity index is 2.16. The van der Waals surface area contributed by atoms with Crippen molar-refractivity contribution in [2.24, 2.45) is 0 Å². The molecule has 0 spiro atoms. The van der Waals surface area contributed by atoms with Crippen molar-refractivity contribution in [3.63, 3.8) is 0 Å². The number of sulfonamides is 1. The molecule has 2 N–H and O–H groups in total. The molecule has 1 fully saturated rings. The van der Waals surface area contributed by atoms with Crippen LogP contribution in [0, 0.1) is 13.8 Å². The van der Waals surface area contributed by atoms with Crippen LogP contribution in [0.5, 0.6) is 0 Å². The van der Waals surface area contributed by atoms with Crippen LogP contribution >= 0.6 is 0 Å². The number of carboxylic acids is 1. The van der Waals surface area contributed by atoms with Crippen LogP contribution < -0.4 is 0 Å². The second-order valence-electron chi connectivity index (χ2n) is 7.26. The smallest absolute Gasteiger partial charge is 0.410 e. The van der Waals surface area contributed by atoms with E-state index in [4.69, 9.17) is 4.74 Å². The summed E-state index contributed by atoms with van der Waals surface area (Å²) >= 11 is 0. The molecule has 26 heavy (non-hydrogen) atoms. The van der Waals surface area contributed by atoms with E-state index < -0.39 is 27.7 Å². The first kappa shape index (κ1) is 20.2. The second-order valence-corrected chi connectivity index (χ2v) is 9.13. The van der Waals surface area contributed by atoms with E-state index in [0.29, 0.717) is 0 Å². The Morgan fingerprint density at radius 2 is 1.65 bits per heavy atom. The molecule has 1 aromatic heterocycles. The number of aromatic nitrogens is 1. The predicted octanol–water partition coefficient (Wildman–Crippen LogP) is 1.57. The number of aromatic amines is 1. The van der Waals surface area contributed by atoms with Gasteiger partial charge in [-0.15, -0.1) is 0 Å².